The van der Waals surface area contributed by atoms with Crippen LogP contribution < -0.4 is 5.32 Å². The lowest BCUT2D eigenvalue weighted by Crippen LogP contribution is -2.34. The monoisotopic (exact) mass is 362 g/mol. The van der Waals surface area contributed by atoms with E-state index in [1.165, 1.54) is 0 Å². The van der Waals surface area contributed by atoms with Gasteiger partial charge < -0.3 is 10.1 Å². The fourth-order valence-electron chi connectivity index (χ4n) is 2.63. The van der Waals surface area contributed by atoms with Gasteiger partial charge in [-0.3, -0.25) is 0 Å². The van der Waals surface area contributed by atoms with Crippen LogP contribution in [-0.2, 0) is 4.74 Å². The van der Waals surface area contributed by atoms with Crippen molar-refractivity contribution in [2.45, 2.75) is 12.8 Å². The molecular weight excluding hydrogens is 347 g/mol. The van der Waals surface area contributed by atoms with Crippen LogP contribution >= 0.6 is 23.2 Å². The van der Waals surface area contributed by atoms with Gasteiger partial charge in [-0.2, -0.15) is 5.26 Å². The zero-order valence-electron chi connectivity index (χ0n) is 12.9. The van der Waals surface area contributed by atoms with Crippen molar-refractivity contribution in [3.8, 4) is 17.3 Å². The molecule has 0 spiro atoms. The number of nitrogens with one attached hydrogen (secondary N) is 1. The molecule has 1 N–H and O–H groups in total. The van der Waals surface area contributed by atoms with Crippen molar-refractivity contribution >= 4 is 29.0 Å². The molecule has 2 aromatic rings. The van der Waals surface area contributed by atoms with E-state index >= 15 is 0 Å². The van der Waals surface area contributed by atoms with E-state index in [1.807, 2.05) is 12.1 Å². The summed E-state index contributed by atoms with van der Waals surface area (Å²) >= 11 is 12.2. The van der Waals surface area contributed by atoms with E-state index in [2.05, 4.69) is 21.4 Å². The maximum Gasteiger partial charge on any atom is 0.145 e. The Hall–Kier alpha value is -1.87. The lowest BCUT2D eigenvalue weighted by Gasteiger charge is -2.31. The molecular formula is C17H16Cl2N4O. The predicted octanol–water partition coefficient (Wildman–Crippen LogP) is 4.18. The second-order valence-corrected chi connectivity index (χ2v) is 6.55. The Labute approximate surface area is 150 Å². The number of hydrogen-bond donors (Lipinski definition) is 1. The first-order valence-electron chi connectivity index (χ1n) is 7.63. The maximum absolute atomic E-state index is 9.53. The molecule has 0 aliphatic carbocycles. The highest BCUT2D eigenvalue weighted by molar-refractivity contribution is 6.33. The largest absolute Gasteiger partial charge is 0.381 e. The number of anilines is 1. The van der Waals surface area contributed by atoms with Crippen LogP contribution in [0.1, 0.15) is 12.8 Å². The van der Waals surface area contributed by atoms with E-state index in [-0.39, 0.29) is 0 Å². The highest BCUT2D eigenvalue weighted by Gasteiger charge is 2.32. The molecule has 1 aliphatic rings. The van der Waals surface area contributed by atoms with Crippen molar-refractivity contribution < 1.29 is 4.74 Å². The number of nitriles is 1. The molecule has 1 fully saturated rings. The third-order valence-corrected chi connectivity index (χ3v) is 4.66. The number of nitrogens with zero attached hydrogens (tertiary/aromatic N) is 3. The van der Waals surface area contributed by atoms with Crippen LogP contribution in [0.3, 0.4) is 0 Å². The fraction of sp³-hybridized carbons (Fsp3) is 0.353. The summed E-state index contributed by atoms with van der Waals surface area (Å²) in [5.41, 5.74) is 1.15. The number of pyridine rings is 2. The lowest BCUT2D eigenvalue weighted by atomic mass is 9.82. The minimum atomic E-state index is -0.445. The highest BCUT2D eigenvalue weighted by Crippen LogP contribution is 2.32. The Morgan fingerprint density at radius 3 is 2.75 bits per heavy atom. The molecule has 1 saturated heterocycles. The molecule has 7 heteroatoms. The van der Waals surface area contributed by atoms with Crippen molar-refractivity contribution in [1.82, 2.24) is 9.97 Å². The average Bonchev–Trinajstić information content (AvgIpc) is 2.62. The number of ether oxygens (including phenoxy) is 1. The van der Waals surface area contributed by atoms with Gasteiger partial charge in [0, 0.05) is 31.5 Å². The van der Waals surface area contributed by atoms with Crippen LogP contribution in [-0.4, -0.2) is 29.7 Å². The van der Waals surface area contributed by atoms with Gasteiger partial charge in [0.25, 0.3) is 0 Å². The van der Waals surface area contributed by atoms with E-state index in [9.17, 15) is 5.26 Å². The molecule has 124 valence electrons. The molecule has 0 aromatic carbocycles. The van der Waals surface area contributed by atoms with Gasteiger partial charge in [-0.25, -0.2) is 9.97 Å². The molecule has 0 unspecified atom stereocenters. The zero-order valence-corrected chi connectivity index (χ0v) is 14.4. The Bertz CT molecular complexity index is 769. The average molecular weight is 363 g/mol. The standard InChI is InChI=1S/C17H16Cl2N4O/c18-13-1-2-14(12-3-6-21-15(19)9-12)23-16(13)22-11-17(10-20)4-7-24-8-5-17/h1-3,6,9H,4-5,7-8,11H2,(H,22,23). The number of aromatic nitrogens is 2. The first-order chi connectivity index (χ1) is 11.6. The summed E-state index contributed by atoms with van der Waals surface area (Å²) in [6, 6.07) is 9.61. The van der Waals surface area contributed by atoms with Gasteiger partial charge in [0.15, 0.2) is 0 Å². The Kier molecular flexibility index (Phi) is 5.20. The van der Waals surface area contributed by atoms with E-state index in [4.69, 9.17) is 27.9 Å². The molecule has 0 radical (unpaired) electrons. The molecule has 1 aliphatic heterocycles. The minimum Gasteiger partial charge on any atom is -0.381 e. The van der Waals surface area contributed by atoms with E-state index in [0.29, 0.717) is 48.6 Å². The molecule has 5 nitrogen and oxygen atoms in total. The van der Waals surface area contributed by atoms with Gasteiger partial charge in [-0.1, -0.05) is 23.2 Å². The quantitative estimate of drug-likeness (QED) is 0.825. The topological polar surface area (TPSA) is 70.8 Å². The second-order valence-electron chi connectivity index (χ2n) is 5.75. The lowest BCUT2D eigenvalue weighted by molar-refractivity contribution is 0.0456. The summed E-state index contributed by atoms with van der Waals surface area (Å²) in [6.07, 6.45) is 3.04. The molecule has 0 bridgehead atoms. The smallest absolute Gasteiger partial charge is 0.145 e. The first-order valence-corrected chi connectivity index (χ1v) is 8.39. The van der Waals surface area contributed by atoms with Crippen LogP contribution in [0.4, 0.5) is 5.82 Å². The molecule has 3 heterocycles. The summed E-state index contributed by atoms with van der Waals surface area (Å²) in [4.78, 5) is 8.53. The Balaban J connectivity index is 1.81. The maximum atomic E-state index is 9.53. The van der Waals surface area contributed by atoms with E-state index in [1.54, 1.807) is 18.3 Å². The van der Waals surface area contributed by atoms with E-state index in [0.717, 1.165) is 11.3 Å². The van der Waals surface area contributed by atoms with Crippen LogP contribution in [0.15, 0.2) is 30.5 Å². The molecule has 0 atom stereocenters. The number of rotatable bonds is 4. The second kappa shape index (κ2) is 7.35. The van der Waals surface area contributed by atoms with Gasteiger partial charge in [-0.15, -0.1) is 0 Å². The van der Waals surface area contributed by atoms with Crippen LogP contribution in [0.5, 0.6) is 0 Å². The Morgan fingerprint density at radius 1 is 1.25 bits per heavy atom. The third kappa shape index (κ3) is 3.78. The van der Waals surface area contributed by atoms with Gasteiger partial charge >= 0.3 is 0 Å². The van der Waals surface area contributed by atoms with Crippen molar-refractivity contribution in [2.24, 2.45) is 5.41 Å². The summed E-state index contributed by atoms with van der Waals surface area (Å²) in [6.45, 7) is 1.69. The predicted molar refractivity (Wildman–Crippen MR) is 94.1 cm³/mol. The number of hydrogen-bond acceptors (Lipinski definition) is 5. The summed E-state index contributed by atoms with van der Waals surface area (Å²) < 4.78 is 5.35. The first kappa shape index (κ1) is 17.0. The summed E-state index contributed by atoms with van der Waals surface area (Å²) in [5, 5.41) is 13.7. The van der Waals surface area contributed by atoms with Crippen LogP contribution in [0, 0.1) is 16.7 Å². The van der Waals surface area contributed by atoms with Gasteiger partial charge in [0.05, 0.1) is 22.2 Å². The van der Waals surface area contributed by atoms with Gasteiger partial charge in [-0.05, 0) is 37.1 Å². The minimum absolute atomic E-state index is 0.407. The summed E-state index contributed by atoms with van der Waals surface area (Å²) in [7, 11) is 0. The van der Waals surface area contributed by atoms with Gasteiger partial charge in [0.2, 0.25) is 0 Å². The number of halogens is 2. The molecule has 24 heavy (non-hydrogen) atoms. The fourth-order valence-corrected chi connectivity index (χ4v) is 2.98. The molecule has 3 rings (SSSR count). The van der Waals surface area contributed by atoms with Crippen LogP contribution in [0.2, 0.25) is 10.2 Å². The van der Waals surface area contributed by atoms with Crippen LogP contribution in [0.25, 0.3) is 11.3 Å². The van der Waals surface area contributed by atoms with Crippen molar-refractivity contribution in [1.29, 1.82) is 5.26 Å². The van der Waals surface area contributed by atoms with Gasteiger partial charge in [0.1, 0.15) is 11.0 Å². The summed E-state index contributed by atoms with van der Waals surface area (Å²) in [5.74, 6) is 0.559. The van der Waals surface area contributed by atoms with Crippen molar-refractivity contribution in [3.05, 3.63) is 40.6 Å². The van der Waals surface area contributed by atoms with E-state index < -0.39 is 5.41 Å². The molecule has 2 aromatic heterocycles. The Morgan fingerprint density at radius 2 is 2.04 bits per heavy atom. The molecule has 0 saturated carbocycles. The van der Waals surface area contributed by atoms with Crippen molar-refractivity contribution in [3.63, 3.8) is 0 Å². The molecule has 0 amide bonds. The SMILES string of the molecule is N#CC1(CNc2nc(-c3ccnc(Cl)c3)ccc2Cl)CCOCC1. The normalized spacial score (nSPS) is 16.4. The van der Waals surface area contributed by atoms with Crippen molar-refractivity contribution in [2.75, 3.05) is 25.1 Å². The third-order valence-electron chi connectivity index (χ3n) is 4.15. The highest BCUT2D eigenvalue weighted by atomic mass is 35.5. The zero-order chi connectivity index (χ0) is 17.0.